The van der Waals surface area contributed by atoms with Gasteiger partial charge < -0.3 is 15.2 Å². The van der Waals surface area contributed by atoms with Crippen LogP contribution < -0.4 is 15.2 Å². The van der Waals surface area contributed by atoms with Crippen LogP contribution in [0.2, 0.25) is 0 Å². The predicted octanol–water partition coefficient (Wildman–Crippen LogP) is 2.41. The van der Waals surface area contributed by atoms with E-state index < -0.39 is 0 Å². The molecule has 2 N–H and O–H groups in total. The van der Waals surface area contributed by atoms with Crippen molar-refractivity contribution in [2.45, 2.75) is 0 Å². The zero-order valence-corrected chi connectivity index (χ0v) is 9.88. The lowest BCUT2D eigenvalue weighted by Crippen LogP contribution is -1.89. The molecule has 84 valence electrons. The molecule has 2 rings (SSSR count). The highest BCUT2D eigenvalue weighted by molar-refractivity contribution is 7.13. The van der Waals surface area contributed by atoms with E-state index in [-0.39, 0.29) is 0 Å². The van der Waals surface area contributed by atoms with E-state index in [1.807, 2.05) is 23.6 Å². The number of hydrogen-bond donors (Lipinski definition) is 1. The second kappa shape index (κ2) is 4.40. The number of rotatable bonds is 3. The van der Waals surface area contributed by atoms with Crippen molar-refractivity contribution >= 4 is 16.5 Å². The molecule has 0 fully saturated rings. The van der Waals surface area contributed by atoms with Gasteiger partial charge in [-0.25, -0.2) is 4.98 Å². The summed E-state index contributed by atoms with van der Waals surface area (Å²) in [5.41, 5.74) is 7.37. The van der Waals surface area contributed by atoms with Crippen LogP contribution in [0.25, 0.3) is 11.3 Å². The fourth-order valence-electron chi connectivity index (χ4n) is 1.38. The Kier molecular flexibility index (Phi) is 2.96. The molecular weight excluding hydrogens is 224 g/mol. The minimum Gasteiger partial charge on any atom is -0.497 e. The molecule has 0 atom stereocenters. The van der Waals surface area contributed by atoms with Gasteiger partial charge >= 0.3 is 0 Å². The fraction of sp³-hybridized carbons (Fsp3) is 0.182. The van der Waals surface area contributed by atoms with Gasteiger partial charge in [-0.05, 0) is 12.1 Å². The minimum atomic E-state index is 0.553. The molecule has 0 aliphatic rings. The summed E-state index contributed by atoms with van der Waals surface area (Å²) in [6.07, 6.45) is 0. The Bertz CT molecular complexity index is 474. The Balaban J connectivity index is 2.47. The van der Waals surface area contributed by atoms with Gasteiger partial charge in [-0.3, -0.25) is 0 Å². The van der Waals surface area contributed by atoms with Crippen molar-refractivity contribution in [3.05, 3.63) is 23.6 Å². The van der Waals surface area contributed by atoms with E-state index in [0.29, 0.717) is 5.13 Å². The Hall–Kier alpha value is -1.75. The molecule has 0 amide bonds. The predicted molar refractivity (Wildman–Crippen MR) is 65.1 cm³/mol. The lowest BCUT2D eigenvalue weighted by Gasteiger charge is -2.06. The van der Waals surface area contributed by atoms with E-state index in [0.717, 1.165) is 22.8 Å². The van der Waals surface area contributed by atoms with Crippen LogP contribution in [-0.4, -0.2) is 19.2 Å². The zero-order valence-electron chi connectivity index (χ0n) is 9.06. The standard InChI is InChI=1S/C11H12N2O2S/c1-14-8-3-7(4-9(5-8)15-2)10-6-16-11(12)13-10/h3-6H,1-2H3,(H2,12,13). The van der Waals surface area contributed by atoms with Crippen LogP contribution in [0.5, 0.6) is 11.5 Å². The first-order valence-electron chi connectivity index (χ1n) is 4.67. The molecule has 5 heteroatoms. The Labute approximate surface area is 97.6 Å². The van der Waals surface area contributed by atoms with Crippen LogP contribution in [0.1, 0.15) is 0 Å². The van der Waals surface area contributed by atoms with Crippen LogP contribution >= 0.6 is 11.3 Å². The average Bonchev–Trinajstić information content (AvgIpc) is 2.75. The number of hydrogen-bond acceptors (Lipinski definition) is 5. The molecule has 0 radical (unpaired) electrons. The molecule has 4 nitrogen and oxygen atoms in total. The smallest absolute Gasteiger partial charge is 0.180 e. The van der Waals surface area contributed by atoms with Crippen molar-refractivity contribution < 1.29 is 9.47 Å². The van der Waals surface area contributed by atoms with Crippen LogP contribution in [0, 0.1) is 0 Å². The first kappa shape index (κ1) is 10.8. The van der Waals surface area contributed by atoms with Crippen LogP contribution in [0.4, 0.5) is 5.13 Å². The summed E-state index contributed by atoms with van der Waals surface area (Å²) in [5.74, 6) is 1.47. The second-order valence-corrected chi connectivity index (χ2v) is 4.06. The van der Waals surface area contributed by atoms with Gasteiger partial charge in [-0.2, -0.15) is 0 Å². The number of nitrogens with two attached hydrogens (primary N) is 1. The number of methoxy groups -OCH3 is 2. The van der Waals surface area contributed by atoms with Crippen molar-refractivity contribution in [2.24, 2.45) is 0 Å². The third-order valence-electron chi connectivity index (χ3n) is 2.17. The summed E-state index contributed by atoms with van der Waals surface area (Å²) < 4.78 is 10.4. The highest BCUT2D eigenvalue weighted by Gasteiger charge is 2.06. The van der Waals surface area contributed by atoms with Gasteiger partial charge in [0.1, 0.15) is 11.5 Å². The quantitative estimate of drug-likeness (QED) is 0.889. The average molecular weight is 236 g/mol. The Morgan fingerprint density at radius 3 is 2.19 bits per heavy atom. The molecule has 0 bridgehead atoms. The van der Waals surface area contributed by atoms with Gasteiger partial charge in [0, 0.05) is 17.0 Å². The topological polar surface area (TPSA) is 57.4 Å². The SMILES string of the molecule is COc1cc(OC)cc(-c2csc(N)n2)c1. The minimum absolute atomic E-state index is 0.553. The summed E-state index contributed by atoms with van der Waals surface area (Å²) in [5, 5.41) is 2.46. The maximum Gasteiger partial charge on any atom is 0.180 e. The zero-order chi connectivity index (χ0) is 11.5. The van der Waals surface area contributed by atoms with E-state index in [9.17, 15) is 0 Å². The van der Waals surface area contributed by atoms with E-state index >= 15 is 0 Å². The van der Waals surface area contributed by atoms with Gasteiger partial charge in [0.15, 0.2) is 5.13 Å². The van der Waals surface area contributed by atoms with Gasteiger partial charge in [-0.1, -0.05) is 0 Å². The lowest BCUT2D eigenvalue weighted by atomic mass is 10.1. The van der Waals surface area contributed by atoms with Crippen molar-refractivity contribution in [3.63, 3.8) is 0 Å². The van der Waals surface area contributed by atoms with E-state index in [4.69, 9.17) is 15.2 Å². The third kappa shape index (κ3) is 2.09. The number of ether oxygens (including phenoxy) is 2. The molecule has 0 unspecified atom stereocenters. The molecule has 0 aliphatic carbocycles. The highest BCUT2D eigenvalue weighted by atomic mass is 32.1. The van der Waals surface area contributed by atoms with Crippen LogP contribution in [0.15, 0.2) is 23.6 Å². The maximum absolute atomic E-state index is 5.60. The summed E-state index contributed by atoms with van der Waals surface area (Å²) in [7, 11) is 3.24. The van der Waals surface area contributed by atoms with Crippen molar-refractivity contribution in [1.29, 1.82) is 0 Å². The monoisotopic (exact) mass is 236 g/mol. The molecule has 1 heterocycles. The number of anilines is 1. The Morgan fingerprint density at radius 1 is 1.12 bits per heavy atom. The molecule has 2 aromatic rings. The van der Waals surface area contributed by atoms with Crippen LogP contribution in [0.3, 0.4) is 0 Å². The van der Waals surface area contributed by atoms with Gasteiger partial charge in [0.25, 0.3) is 0 Å². The molecule has 1 aromatic heterocycles. The molecule has 1 aromatic carbocycles. The normalized spacial score (nSPS) is 10.1. The van der Waals surface area contributed by atoms with Gasteiger partial charge in [-0.15, -0.1) is 11.3 Å². The largest absolute Gasteiger partial charge is 0.497 e. The van der Waals surface area contributed by atoms with Gasteiger partial charge in [0.05, 0.1) is 19.9 Å². The summed E-state index contributed by atoms with van der Waals surface area (Å²) in [6, 6.07) is 5.62. The van der Waals surface area contributed by atoms with Crippen molar-refractivity contribution in [2.75, 3.05) is 20.0 Å². The number of nitrogens with zero attached hydrogens (tertiary/aromatic N) is 1. The summed E-state index contributed by atoms with van der Waals surface area (Å²) in [4.78, 5) is 4.22. The number of aromatic nitrogens is 1. The molecule has 16 heavy (non-hydrogen) atoms. The number of benzene rings is 1. The number of thiazole rings is 1. The summed E-state index contributed by atoms with van der Waals surface area (Å²) in [6.45, 7) is 0. The molecule has 0 saturated carbocycles. The van der Waals surface area contributed by atoms with Crippen LogP contribution in [-0.2, 0) is 0 Å². The van der Waals surface area contributed by atoms with E-state index in [2.05, 4.69) is 4.98 Å². The first-order valence-corrected chi connectivity index (χ1v) is 5.55. The maximum atomic E-state index is 5.60. The van der Waals surface area contributed by atoms with E-state index in [1.54, 1.807) is 14.2 Å². The van der Waals surface area contributed by atoms with Crippen molar-refractivity contribution in [3.8, 4) is 22.8 Å². The molecule has 0 saturated heterocycles. The Morgan fingerprint density at radius 2 is 1.75 bits per heavy atom. The number of nitrogen functional groups attached to an aromatic ring is 1. The van der Waals surface area contributed by atoms with Gasteiger partial charge in [0.2, 0.25) is 0 Å². The fourth-order valence-corrected chi connectivity index (χ4v) is 1.95. The molecule has 0 aliphatic heterocycles. The third-order valence-corrected chi connectivity index (χ3v) is 2.84. The second-order valence-electron chi connectivity index (χ2n) is 3.17. The van der Waals surface area contributed by atoms with Crippen molar-refractivity contribution in [1.82, 2.24) is 4.98 Å². The van der Waals surface area contributed by atoms with E-state index in [1.165, 1.54) is 11.3 Å². The molecular formula is C11H12N2O2S. The summed E-state index contributed by atoms with van der Waals surface area (Å²) >= 11 is 1.41. The molecule has 0 spiro atoms. The lowest BCUT2D eigenvalue weighted by molar-refractivity contribution is 0.394. The first-order chi connectivity index (χ1) is 7.72. The highest BCUT2D eigenvalue weighted by Crippen LogP contribution is 2.30.